The van der Waals surface area contributed by atoms with Gasteiger partial charge in [0.25, 0.3) is 5.91 Å². The van der Waals surface area contributed by atoms with Gasteiger partial charge in [0.05, 0.1) is 17.9 Å². The number of thioether (sulfide) groups is 1. The molecule has 0 heterocycles. The molecular weight excluding hydrogens is 416 g/mol. The monoisotopic (exact) mass is 436 g/mol. The van der Waals surface area contributed by atoms with Crippen molar-refractivity contribution >= 4 is 45.2 Å². The van der Waals surface area contributed by atoms with Crippen molar-refractivity contribution in [3.05, 3.63) is 58.1 Å². The molecule has 0 atom stereocenters. The summed E-state index contributed by atoms with van der Waals surface area (Å²) in [5.74, 6) is -0.0498. The molecule has 0 aromatic heterocycles. The van der Waals surface area contributed by atoms with Crippen molar-refractivity contribution in [2.24, 2.45) is 0 Å². The number of nitrogens with one attached hydrogen (secondary N) is 2. The van der Waals surface area contributed by atoms with Crippen LogP contribution in [0.15, 0.2) is 51.8 Å². The van der Waals surface area contributed by atoms with Crippen LogP contribution in [0.2, 0.25) is 0 Å². The molecule has 2 aromatic carbocycles. The molecule has 0 saturated carbocycles. The number of carbonyl (C=O) groups excluding carboxylic acids is 2. The predicted molar refractivity (Wildman–Crippen MR) is 109 cm³/mol. The number of ether oxygens (including phenoxy) is 1. The van der Waals surface area contributed by atoms with Crippen molar-refractivity contribution in [2.75, 3.05) is 31.3 Å². The highest BCUT2D eigenvalue weighted by molar-refractivity contribution is 9.10. The van der Waals surface area contributed by atoms with Crippen molar-refractivity contribution in [2.45, 2.75) is 11.8 Å². The normalized spacial score (nSPS) is 10.4. The molecule has 0 unspecified atom stereocenters. The van der Waals surface area contributed by atoms with E-state index in [9.17, 15) is 9.59 Å². The van der Waals surface area contributed by atoms with Gasteiger partial charge in [-0.25, -0.2) is 0 Å². The van der Waals surface area contributed by atoms with Gasteiger partial charge in [-0.1, -0.05) is 28.1 Å². The molecular formula is C19H21BrN2O3S. The van der Waals surface area contributed by atoms with Gasteiger partial charge in [0.15, 0.2) is 0 Å². The maximum absolute atomic E-state index is 12.6. The Morgan fingerprint density at radius 2 is 1.96 bits per heavy atom. The van der Waals surface area contributed by atoms with E-state index in [1.165, 1.54) is 11.8 Å². The quantitative estimate of drug-likeness (QED) is 0.486. The summed E-state index contributed by atoms with van der Waals surface area (Å²) in [5.41, 5.74) is 2.31. The van der Waals surface area contributed by atoms with Gasteiger partial charge in [-0.15, -0.1) is 11.8 Å². The van der Waals surface area contributed by atoms with Crippen LogP contribution in [-0.4, -0.2) is 37.8 Å². The summed E-state index contributed by atoms with van der Waals surface area (Å²) in [6, 6.07) is 12.9. The minimum absolute atomic E-state index is 0.0919. The van der Waals surface area contributed by atoms with Gasteiger partial charge >= 0.3 is 0 Å². The van der Waals surface area contributed by atoms with E-state index >= 15 is 0 Å². The summed E-state index contributed by atoms with van der Waals surface area (Å²) in [6.45, 7) is 2.91. The van der Waals surface area contributed by atoms with Crippen LogP contribution in [0.4, 0.5) is 5.69 Å². The number of methoxy groups -OCH3 is 1. The first-order valence-corrected chi connectivity index (χ1v) is 9.84. The lowest BCUT2D eigenvalue weighted by Crippen LogP contribution is -2.28. The van der Waals surface area contributed by atoms with E-state index in [-0.39, 0.29) is 17.6 Å². The average molecular weight is 437 g/mol. The standard InChI is InChI=1S/C19H21BrN2O3S/c1-13-11-14(7-8-16(13)20)22-19(24)15-5-3-4-6-17(15)26-12-18(23)21-9-10-25-2/h3-8,11H,9-10,12H2,1-2H3,(H,21,23)(H,22,24). The van der Waals surface area contributed by atoms with Gasteiger partial charge in [-0.2, -0.15) is 0 Å². The molecule has 0 aliphatic carbocycles. The first-order valence-electron chi connectivity index (χ1n) is 8.06. The minimum atomic E-state index is -0.199. The van der Waals surface area contributed by atoms with Crippen molar-refractivity contribution in [1.82, 2.24) is 5.32 Å². The first-order chi connectivity index (χ1) is 12.5. The zero-order valence-electron chi connectivity index (χ0n) is 14.7. The van der Waals surface area contributed by atoms with E-state index in [4.69, 9.17) is 4.74 Å². The number of anilines is 1. The number of hydrogen-bond donors (Lipinski definition) is 2. The van der Waals surface area contributed by atoms with Crippen LogP contribution in [0.25, 0.3) is 0 Å². The Morgan fingerprint density at radius 3 is 2.69 bits per heavy atom. The molecule has 5 nitrogen and oxygen atoms in total. The Kier molecular flexibility index (Phi) is 8.15. The molecule has 0 fully saturated rings. The number of benzene rings is 2. The van der Waals surface area contributed by atoms with Crippen molar-refractivity contribution in [3.63, 3.8) is 0 Å². The van der Waals surface area contributed by atoms with E-state index in [0.717, 1.165) is 20.6 Å². The van der Waals surface area contributed by atoms with Gasteiger partial charge in [-0.3, -0.25) is 9.59 Å². The van der Waals surface area contributed by atoms with Gasteiger partial charge in [-0.05, 0) is 42.8 Å². The summed E-state index contributed by atoms with van der Waals surface area (Å²) in [6.07, 6.45) is 0. The first kappa shape index (κ1) is 20.5. The fourth-order valence-electron chi connectivity index (χ4n) is 2.19. The van der Waals surface area contributed by atoms with Crippen molar-refractivity contribution < 1.29 is 14.3 Å². The van der Waals surface area contributed by atoms with E-state index in [1.54, 1.807) is 13.2 Å². The lowest BCUT2D eigenvalue weighted by molar-refractivity contribution is -0.118. The number of rotatable bonds is 8. The summed E-state index contributed by atoms with van der Waals surface area (Å²) in [5, 5.41) is 5.67. The molecule has 2 amide bonds. The van der Waals surface area contributed by atoms with Crippen LogP contribution < -0.4 is 10.6 Å². The van der Waals surface area contributed by atoms with Crippen LogP contribution in [-0.2, 0) is 9.53 Å². The molecule has 2 N–H and O–H groups in total. The summed E-state index contributed by atoms with van der Waals surface area (Å²) < 4.78 is 5.89. The minimum Gasteiger partial charge on any atom is -0.383 e. The summed E-state index contributed by atoms with van der Waals surface area (Å²) >= 11 is 4.78. The zero-order chi connectivity index (χ0) is 18.9. The van der Waals surface area contributed by atoms with E-state index in [2.05, 4.69) is 26.6 Å². The highest BCUT2D eigenvalue weighted by Gasteiger charge is 2.13. The van der Waals surface area contributed by atoms with Gasteiger partial charge in [0.1, 0.15) is 0 Å². The van der Waals surface area contributed by atoms with Crippen LogP contribution in [0, 0.1) is 6.92 Å². The van der Waals surface area contributed by atoms with E-state index in [0.29, 0.717) is 18.7 Å². The molecule has 2 aromatic rings. The maximum atomic E-state index is 12.6. The molecule has 0 spiro atoms. The summed E-state index contributed by atoms with van der Waals surface area (Å²) in [7, 11) is 1.59. The molecule has 26 heavy (non-hydrogen) atoms. The summed E-state index contributed by atoms with van der Waals surface area (Å²) in [4.78, 5) is 25.2. The Hall–Kier alpha value is -1.83. The average Bonchev–Trinajstić information content (AvgIpc) is 2.63. The Bertz CT molecular complexity index is 783. The second-order valence-corrected chi connectivity index (χ2v) is 7.42. The molecule has 0 bridgehead atoms. The second-order valence-electron chi connectivity index (χ2n) is 5.55. The van der Waals surface area contributed by atoms with Crippen LogP contribution in [0.3, 0.4) is 0 Å². The predicted octanol–water partition coefficient (Wildman–Crippen LogP) is 3.86. The third-order valence-electron chi connectivity index (χ3n) is 3.53. The van der Waals surface area contributed by atoms with Crippen molar-refractivity contribution in [3.8, 4) is 0 Å². The van der Waals surface area contributed by atoms with Crippen LogP contribution in [0.5, 0.6) is 0 Å². The van der Waals surface area contributed by atoms with E-state index < -0.39 is 0 Å². The SMILES string of the molecule is COCCNC(=O)CSc1ccccc1C(=O)Nc1ccc(Br)c(C)c1. The number of aryl methyl sites for hydroxylation is 1. The molecule has 0 aliphatic heterocycles. The molecule has 0 saturated heterocycles. The van der Waals surface area contributed by atoms with E-state index in [1.807, 2.05) is 43.3 Å². The molecule has 0 radical (unpaired) electrons. The Morgan fingerprint density at radius 1 is 1.19 bits per heavy atom. The lowest BCUT2D eigenvalue weighted by Gasteiger charge is -2.11. The fraction of sp³-hybridized carbons (Fsp3) is 0.263. The number of carbonyl (C=O) groups is 2. The Balaban J connectivity index is 2.01. The third-order valence-corrected chi connectivity index (χ3v) is 5.50. The van der Waals surface area contributed by atoms with Crippen molar-refractivity contribution in [1.29, 1.82) is 0 Å². The number of amides is 2. The van der Waals surface area contributed by atoms with Gasteiger partial charge in [0, 0.05) is 28.7 Å². The highest BCUT2D eigenvalue weighted by atomic mass is 79.9. The fourth-order valence-corrected chi connectivity index (χ4v) is 3.31. The number of halogens is 1. The number of hydrogen-bond acceptors (Lipinski definition) is 4. The zero-order valence-corrected chi connectivity index (χ0v) is 17.1. The third kappa shape index (κ3) is 6.16. The molecule has 7 heteroatoms. The van der Waals surface area contributed by atoms with Gasteiger partial charge < -0.3 is 15.4 Å². The van der Waals surface area contributed by atoms with Crippen LogP contribution >= 0.6 is 27.7 Å². The maximum Gasteiger partial charge on any atom is 0.256 e. The molecule has 138 valence electrons. The lowest BCUT2D eigenvalue weighted by atomic mass is 10.2. The molecule has 0 aliphatic rings. The Labute approximate surface area is 166 Å². The van der Waals surface area contributed by atoms with Gasteiger partial charge in [0.2, 0.25) is 5.91 Å². The highest BCUT2D eigenvalue weighted by Crippen LogP contribution is 2.25. The second kappa shape index (κ2) is 10.4. The smallest absolute Gasteiger partial charge is 0.256 e. The van der Waals surface area contributed by atoms with Crippen LogP contribution in [0.1, 0.15) is 15.9 Å². The topological polar surface area (TPSA) is 67.4 Å². The largest absolute Gasteiger partial charge is 0.383 e. The molecule has 2 rings (SSSR count).